The SMILES string of the molecule is CCCc1nc2occc2c[nH+]1. The Morgan fingerprint density at radius 3 is 3.33 bits per heavy atom. The standard InChI is InChI=1S/C9H10N2O/c1-2-3-8-10-6-7-4-5-12-9(7)11-8/h4-6H,2-3H2,1H3/p+1. The van der Waals surface area contributed by atoms with Crippen LogP contribution in [0.1, 0.15) is 19.2 Å². The highest BCUT2D eigenvalue weighted by Gasteiger charge is 2.08. The first-order chi connectivity index (χ1) is 5.90. The summed E-state index contributed by atoms with van der Waals surface area (Å²) in [6, 6.07) is 1.90. The second kappa shape index (κ2) is 2.93. The third-order valence-corrected chi connectivity index (χ3v) is 1.79. The number of furan rings is 1. The summed E-state index contributed by atoms with van der Waals surface area (Å²) in [4.78, 5) is 7.43. The smallest absolute Gasteiger partial charge is 0.344 e. The van der Waals surface area contributed by atoms with Crippen molar-refractivity contribution in [2.24, 2.45) is 0 Å². The van der Waals surface area contributed by atoms with Gasteiger partial charge in [-0.05, 0) is 17.5 Å². The van der Waals surface area contributed by atoms with Crippen molar-refractivity contribution in [2.45, 2.75) is 19.8 Å². The van der Waals surface area contributed by atoms with Crippen LogP contribution < -0.4 is 4.98 Å². The van der Waals surface area contributed by atoms with E-state index in [0.717, 1.165) is 29.8 Å². The first kappa shape index (κ1) is 7.28. The molecule has 0 saturated carbocycles. The second-order valence-electron chi connectivity index (χ2n) is 2.78. The third-order valence-electron chi connectivity index (χ3n) is 1.79. The topological polar surface area (TPSA) is 40.2 Å². The summed E-state index contributed by atoms with van der Waals surface area (Å²) in [5.41, 5.74) is 0.720. The molecule has 12 heavy (non-hydrogen) atoms. The van der Waals surface area contributed by atoms with Crippen LogP contribution in [-0.4, -0.2) is 4.98 Å². The number of fused-ring (bicyclic) bond motifs is 1. The summed E-state index contributed by atoms with van der Waals surface area (Å²) in [5, 5.41) is 1.02. The maximum Gasteiger partial charge on any atom is 0.344 e. The van der Waals surface area contributed by atoms with Crippen LogP contribution in [0.25, 0.3) is 11.1 Å². The lowest BCUT2D eigenvalue weighted by molar-refractivity contribution is -0.393. The maximum atomic E-state index is 5.17. The van der Waals surface area contributed by atoms with Crippen LogP contribution in [0, 0.1) is 0 Å². The number of nitrogens with zero attached hydrogens (tertiary/aromatic N) is 1. The number of nitrogens with one attached hydrogen (secondary N) is 1. The maximum absolute atomic E-state index is 5.17. The van der Waals surface area contributed by atoms with Crippen molar-refractivity contribution in [3.8, 4) is 0 Å². The lowest BCUT2D eigenvalue weighted by atomic mass is 10.3. The van der Waals surface area contributed by atoms with Gasteiger partial charge in [0.2, 0.25) is 0 Å². The summed E-state index contributed by atoms with van der Waals surface area (Å²) in [7, 11) is 0. The van der Waals surface area contributed by atoms with Crippen LogP contribution in [0.15, 0.2) is 22.9 Å². The lowest BCUT2D eigenvalue weighted by Crippen LogP contribution is -2.12. The Morgan fingerprint density at radius 2 is 2.50 bits per heavy atom. The second-order valence-corrected chi connectivity index (χ2v) is 2.78. The van der Waals surface area contributed by atoms with Crippen molar-refractivity contribution in [1.82, 2.24) is 4.98 Å². The van der Waals surface area contributed by atoms with Crippen LogP contribution >= 0.6 is 0 Å². The zero-order chi connectivity index (χ0) is 8.39. The summed E-state index contributed by atoms with van der Waals surface area (Å²) in [6.45, 7) is 2.13. The van der Waals surface area contributed by atoms with Crippen molar-refractivity contribution in [2.75, 3.05) is 0 Å². The van der Waals surface area contributed by atoms with E-state index in [0.29, 0.717) is 0 Å². The molecule has 1 N–H and O–H groups in total. The predicted molar refractivity (Wildman–Crippen MR) is 44.6 cm³/mol. The number of aryl methyl sites for hydroxylation is 1. The van der Waals surface area contributed by atoms with E-state index in [9.17, 15) is 0 Å². The number of aromatic nitrogens is 2. The molecular formula is C9H11N2O+. The predicted octanol–water partition coefficient (Wildman–Crippen LogP) is 1.59. The van der Waals surface area contributed by atoms with Gasteiger partial charge >= 0.3 is 11.5 Å². The van der Waals surface area contributed by atoms with Crippen LogP contribution in [0.3, 0.4) is 0 Å². The molecule has 0 aromatic carbocycles. The molecule has 2 rings (SSSR count). The van der Waals surface area contributed by atoms with Gasteiger partial charge in [-0.25, -0.2) is 4.98 Å². The average Bonchev–Trinajstić information content (AvgIpc) is 2.51. The number of rotatable bonds is 2. The zero-order valence-electron chi connectivity index (χ0n) is 7.00. The van der Waals surface area contributed by atoms with Crippen LogP contribution in [0.5, 0.6) is 0 Å². The molecule has 0 aliphatic rings. The molecule has 0 amide bonds. The van der Waals surface area contributed by atoms with Gasteiger partial charge in [-0.1, -0.05) is 6.92 Å². The zero-order valence-corrected chi connectivity index (χ0v) is 7.00. The molecule has 3 heteroatoms. The van der Waals surface area contributed by atoms with E-state index >= 15 is 0 Å². The van der Waals surface area contributed by atoms with Gasteiger partial charge in [0.15, 0.2) is 0 Å². The van der Waals surface area contributed by atoms with Gasteiger partial charge in [0.1, 0.15) is 11.6 Å². The largest absolute Gasteiger partial charge is 0.428 e. The molecular weight excluding hydrogens is 152 g/mol. The summed E-state index contributed by atoms with van der Waals surface area (Å²) < 4.78 is 5.17. The minimum atomic E-state index is 0.720. The molecule has 0 aliphatic carbocycles. The lowest BCUT2D eigenvalue weighted by Gasteiger charge is -1.86. The Bertz CT molecular complexity index is 381. The van der Waals surface area contributed by atoms with Crippen molar-refractivity contribution >= 4 is 11.1 Å². The normalized spacial score (nSPS) is 10.8. The van der Waals surface area contributed by atoms with E-state index in [4.69, 9.17) is 4.42 Å². The molecule has 0 unspecified atom stereocenters. The Morgan fingerprint density at radius 1 is 1.58 bits per heavy atom. The molecule has 0 fully saturated rings. The highest BCUT2D eigenvalue weighted by atomic mass is 16.3. The van der Waals surface area contributed by atoms with E-state index in [1.54, 1.807) is 6.26 Å². The summed E-state index contributed by atoms with van der Waals surface area (Å²) in [6.07, 6.45) is 5.64. The Balaban J connectivity index is 2.46. The number of H-pyrrole nitrogens is 1. The molecule has 0 bridgehead atoms. The molecule has 62 valence electrons. The molecule has 0 aliphatic heterocycles. The fraction of sp³-hybridized carbons (Fsp3) is 0.333. The molecule has 0 radical (unpaired) electrons. The number of aromatic amines is 1. The molecule has 2 aromatic rings. The van der Waals surface area contributed by atoms with Crippen LogP contribution in [0.2, 0.25) is 0 Å². The van der Waals surface area contributed by atoms with Crippen molar-refractivity contribution < 1.29 is 9.40 Å². The van der Waals surface area contributed by atoms with E-state index in [-0.39, 0.29) is 0 Å². The van der Waals surface area contributed by atoms with Crippen LogP contribution in [0.4, 0.5) is 0 Å². The quantitative estimate of drug-likeness (QED) is 0.674. The molecule has 0 saturated heterocycles. The molecule has 2 heterocycles. The molecule has 0 spiro atoms. The Kier molecular flexibility index (Phi) is 1.78. The minimum absolute atomic E-state index is 0.720. The highest BCUT2D eigenvalue weighted by molar-refractivity contribution is 5.70. The van der Waals surface area contributed by atoms with Crippen molar-refractivity contribution in [1.29, 1.82) is 0 Å². The first-order valence-corrected chi connectivity index (χ1v) is 4.15. The molecule has 3 nitrogen and oxygen atoms in total. The van der Waals surface area contributed by atoms with Gasteiger partial charge in [0, 0.05) is 0 Å². The first-order valence-electron chi connectivity index (χ1n) is 4.15. The van der Waals surface area contributed by atoms with Gasteiger partial charge in [-0.2, -0.15) is 0 Å². The molecule has 2 aromatic heterocycles. The Hall–Kier alpha value is -1.38. The van der Waals surface area contributed by atoms with E-state index in [2.05, 4.69) is 16.9 Å². The summed E-state index contributed by atoms with van der Waals surface area (Å²) >= 11 is 0. The van der Waals surface area contributed by atoms with Gasteiger partial charge < -0.3 is 4.42 Å². The van der Waals surface area contributed by atoms with E-state index in [1.165, 1.54) is 0 Å². The van der Waals surface area contributed by atoms with E-state index in [1.807, 2.05) is 12.3 Å². The third kappa shape index (κ3) is 1.18. The van der Waals surface area contributed by atoms with Crippen molar-refractivity contribution in [3.05, 3.63) is 24.4 Å². The number of hydrogen-bond donors (Lipinski definition) is 0. The fourth-order valence-electron chi connectivity index (χ4n) is 1.19. The van der Waals surface area contributed by atoms with Gasteiger partial charge in [0.05, 0.1) is 12.7 Å². The van der Waals surface area contributed by atoms with Gasteiger partial charge in [0.25, 0.3) is 0 Å². The van der Waals surface area contributed by atoms with Crippen LogP contribution in [-0.2, 0) is 6.42 Å². The average molecular weight is 163 g/mol. The van der Waals surface area contributed by atoms with Gasteiger partial charge in [-0.15, -0.1) is 0 Å². The Labute approximate surface area is 70.4 Å². The fourth-order valence-corrected chi connectivity index (χ4v) is 1.19. The minimum Gasteiger partial charge on any atom is -0.428 e. The highest BCUT2D eigenvalue weighted by Crippen LogP contribution is 2.09. The van der Waals surface area contributed by atoms with Gasteiger partial charge in [-0.3, -0.25) is 0 Å². The van der Waals surface area contributed by atoms with E-state index < -0.39 is 0 Å². The summed E-state index contributed by atoms with van der Waals surface area (Å²) in [5.74, 6) is 0.986. The number of hydrogen-bond acceptors (Lipinski definition) is 2. The monoisotopic (exact) mass is 163 g/mol. The molecule has 0 atom stereocenters. The van der Waals surface area contributed by atoms with Crippen molar-refractivity contribution in [3.63, 3.8) is 0 Å².